The number of carbonyl (C=O) groups is 2. The Bertz CT molecular complexity index is 1280. The number of allylic oxidation sites excluding steroid dienone is 5. The Morgan fingerprint density at radius 2 is 0.595 bits per heavy atom. The summed E-state index contributed by atoms with van der Waals surface area (Å²) >= 11 is 0. The highest BCUT2D eigenvalue weighted by Gasteiger charge is 2.18. The Morgan fingerprint density at radius 3 is 0.899 bits per heavy atom. The number of hydrogen-bond acceptors (Lipinski definition) is 5. The van der Waals surface area contributed by atoms with Crippen LogP contribution >= 0.6 is 0 Å². The number of aliphatic hydroxyl groups excluding tert-OH is 2. The van der Waals surface area contributed by atoms with E-state index in [1.807, 2.05) is 6.08 Å². The predicted octanol–water partition coefficient (Wildman–Crippen LogP) is 23.1. The van der Waals surface area contributed by atoms with Crippen molar-refractivity contribution in [2.45, 2.75) is 405 Å². The molecule has 0 aromatic carbocycles. The fraction of sp³-hybridized carbons (Fsp3) is 0.890. The van der Waals surface area contributed by atoms with Gasteiger partial charge in [0.1, 0.15) is 0 Å². The smallest absolute Gasteiger partial charge is 0.305 e. The van der Waals surface area contributed by atoms with Gasteiger partial charge in [-0.15, -0.1) is 0 Å². The molecule has 0 bridgehead atoms. The molecule has 6 nitrogen and oxygen atoms in total. The van der Waals surface area contributed by atoms with Gasteiger partial charge in [-0.2, -0.15) is 0 Å². The first kappa shape index (κ1) is 77.1. The monoisotopic (exact) mass is 1110 g/mol. The molecule has 2 unspecified atom stereocenters. The first-order chi connectivity index (χ1) is 39.0. The molecular weight excluding hydrogens is 971 g/mol. The summed E-state index contributed by atoms with van der Waals surface area (Å²) in [5.41, 5.74) is 0. The number of ether oxygens (including phenoxy) is 1. The normalized spacial score (nSPS) is 12.7. The van der Waals surface area contributed by atoms with Gasteiger partial charge in [0.2, 0.25) is 5.91 Å². The molecule has 0 spiro atoms. The van der Waals surface area contributed by atoms with E-state index in [-0.39, 0.29) is 18.5 Å². The third-order valence-corrected chi connectivity index (χ3v) is 16.6. The van der Waals surface area contributed by atoms with Crippen molar-refractivity contribution in [3.8, 4) is 0 Å². The second-order valence-corrected chi connectivity index (χ2v) is 24.6. The number of unbranched alkanes of at least 4 members (excludes halogenated alkanes) is 52. The average molecular weight is 1110 g/mol. The molecule has 0 aliphatic rings. The van der Waals surface area contributed by atoms with Gasteiger partial charge in [0.05, 0.1) is 25.4 Å². The fourth-order valence-electron chi connectivity index (χ4n) is 11.2. The highest BCUT2D eigenvalue weighted by molar-refractivity contribution is 5.76. The van der Waals surface area contributed by atoms with Crippen LogP contribution in [0.4, 0.5) is 0 Å². The van der Waals surface area contributed by atoms with Crippen LogP contribution in [0.25, 0.3) is 0 Å². The number of amides is 1. The third-order valence-electron chi connectivity index (χ3n) is 16.6. The Morgan fingerprint density at radius 1 is 0.342 bits per heavy atom. The molecule has 0 heterocycles. The number of carbonyl (C=O) groups excluding carboxylic acids is 2. The summed E-state index contributed by atoms with van der Waals surface area (Å²) in [6.45, 7) is 4.93. The highest BCUT2D eigenvalue weighted by atomic mass is 16.5. The van der Waals surface area contributed by atoms with Crippen molar-refractivity contribution in [2.75, 3.05) is 13.2 Å². The number of rotatable bonds is 67. The van der Waals surface area contributed by atoms with Crippen molar-refractivity contribution >= 4 is 11.9 Å². The second kappa shape index (κ2) is 68.6. The minimum absolute atomic E-state index is 0.00921. The van der Waals surface area contributed by atoms with Crippen molar-refractivity contribution in [1.29, 1.82) is 0 Å². The zero-order chi connectivity index (χ0) is 57.1. The van der Waals surface area contributed by atoms with E-state index < -0.39 is 12.1 Å². The number of esters is 1. The van der Waals surface area contributed by atoms with E-state index in [2.05, 4.69) is 43.5 Å². The maximum Gasteiger partial charge on any atom is 0.305 e. The first-order valence-corrected chi connectivity index (χ1v) is 35.8. The molecule has 0 fully saturated rings. The van der Waals surface area contributed by atoms with Crippen molar-refractivity contribution in [3.05, 3.63) is 36.5 Å². The zero-order valence-electron chi connectivity index (χ0n) is 53.4. The standard InChI is InChI=1S/C73H139NO5/c1-3-5-7-9-11-13-15-17-19-34-37-41-45-49-53-57-61-65-71(76)70(69-75)74-72(77)66-62-58-54-50-46-42-38-35-32-30-28-26-24-22-21-23-25-27-29-31-33-36-40-44-48-52-56-60-64-68-79-73(78)67-63-59-55-51-47-43-39-20-18-16-14-12-10-8-6-4-2/h20-21,23,39,61,65,70-71,75-76H,3-19,22,24-38,40-60,62-64,66-69H2,1-2H3,(H,74,77)/b23-21-,39-20-,65-61+. The van der Waals surface area contributed by atoms with Gasteiger partial charge >= 0.3 is 5.97 Å². The average Bonchev–Trinajstić information content (AvgIpc) is 3.45. The lowest BCUT2D eigenvalue weighted by Gasteiger charge is -2.20. The van der Waals surface area contributed by atoms with E-state index in [0.717, 1.165) is 44.9 Å². The number of aliphatic hydroxyl groups is 2. The van der Waals surface area contributed by atoms with Gasteiger partial charge in [0.15, 0.2) is 0 Å². The van der Waals surface area contributed by atoms with Crippen molar-refractivity contribution in [2.24, 2.45) is 0 Å². The molecule has 1 amide bonds. The second-order valence-electron chi connectivity index (χ2n) is 24.6. The molecule has 2 atom stereocenters. The highest BCUT2D eigenvalue weighted by Crippen LogP contribution is 2.18. The first-order valence-electron chi connectivity index (χ1n) is 35.8. The maximum atomic E-state index is 12.5. The topological polar surface area (TPSA) is 95.9 Å². The molecule has 0 saturated heterocycles. The fourth-order valence-corrected chi connectivity index (χ4v) is 11.2. The molecule has 0 saturated carbocycles. The van der Waals surface area contributed by atoms with Crippen molar-refractivity contribution < 1.29 is 24.5 Å². The minimum atomic E-state index is -0.844. The molecule has 0 aromatic rings. The van der Waals surface area contributed by atoms with E-state index in [4.69, 9.17) is 4.74 Å². The largest absolute Gasteiger partial charge is 0.466 e. The Labute approximate surface area is 494 Å². The van der Waals surface area contributed by atoms with Gasteiger partial charge in [-0.3, -0.25) is 9.59 Å². The van der Waals surface area contributed by atoms with Gasteiger partial charge in [-0.05, 0) is 83.5 Å². The predicted molar refractivity (Wildman–Crippen MR) is 347 cm³/mol. The number of nitrogens with one attached hydrogen (secondary N) is 1. The molecule has 466 valence electrons. The lowest BCUT2D eigenvalue weighted by molar-refractivity contribution is -0.143. The van der Waals surface area contributed by atoms with Crippen LogP contribution in [-0.4, -0.2) is 47.4 Å². The summed E-state index contributed by atoms with van der Waals surface area (Å²) in [6, 6.07) is -0.628. The summed E-state index contributed by atoms with van der Waals surface area (Å²) < 4.78 is 5.49. The minimum Gasteiger partial charge on any atom is -0.466 e. The molecule has 0 aliphatic carbocycles. The van der Waals surface area contributed by atoms with Crippen LogP contribution < -0.4 is 5.32 Å². The lowest BCUT2D eigenvalue weighted by Crippen LogP contribution is -2.45. The van der Waals surface area contributed by atoms with Crippen LogP contribution in [0.5, 0.6) is 0 Å². The van der Waals surface area contributed by atoms with Gasteiger partial charge in [-0.1, -0.05) is 333 Å². The van der Waals surface area contributed by atoms with E-state index in [1.165, 1.54) is 321 Å². The Hall–Kier alpha value is -1.92. The molecule has 79 heavy (non-hydrogen) atoms. The van der Waals surface area contributed by atoms with E-state index in [9.17, 15) is 19.8 Å². The van der Waals surface area contributed by atoms with Crippen LogP contribution in [0, 0.1) is 0 Å². The summed E-state index contributed by atoms with van der Waals surface area (Å²) in [5, 5.41) is 23.2. The zero-order valence-corrected chi connectivity index (χ0v) is 53.4. The maximum absolute atomic E-state index is 12.5. The SMILES string of the molecule is CCCCCCCCC/C=C\CCCCCCCC(=O)OCCCCCCCCCCCCCC/C=C\CCCCCCCCCCCCCCCC(=O)NC(CO)C(O)/C=C/CCCCCCCCCCCCCCCCC. The lowest BCUT2D eigenvalue weighted by atomic mass is 10.0. The quantitative estimate of drug-likeness (QED) is 0.0320. The van der Waals surface area contributed by atoms with Gasteiger partial charge < -0.3 is 20.3 Å². The molecular formula is C73H139NO5. The summed E-state index contributed by atoms with van der Waals surface area (Å²) in [4.78, 5) is 24.6. The van der Waals surface area contributed by atoms with E-state index in [0.29, 0.717) is 19.4 Å². The van der Waals surface area contributed by atoms with Crippen molar-refractivity contribution in [3.63, 3.8) is 0 Å². The van der Waals surface area contributed by atoms with Crippen LogP contribution in [0.15, 0.2) is 36.5 Å². The molecule has 6 heteroatoms. The van der Waals surface area contributed by atoms with Gasteiger partial charge in [0.25, 0.3) is 0 Å². The van der Waals surface area contributed by atoms with Gasteiger partial charge in [-0.25, -0.2) is 0 Å². The molecule has 0 aliphatic heterocycles. The van der Waals surface area contributed by atoms with Crippen LogP contribution in [-0.2, 0) is 14.3 Å². The molecule has 3 N–H and O–H groups in total. The third kappa shape index (κ3) is 65.1. The Balaban J connectivity index is 3.39. The van der Waals surface area contributed by atoms with E-state index >= 15 is 0 Å². The number of hydrogen-bond donors (Lipinski definition) is 3. The summed E-state index contributed by atoms with van der Waals surface area (Å²) in [5.74, 6) is -0.0552. The molecule has 0 aromatic heterocycles. The van der Waals surface area contributed by atoms with Gasteiger partial charge in [0, 0.05) is 12.8 Å². The van der Waals surface area contributed by atoms with Crippen LogP contribution in [0.1, 0.15) is 393 Å². The van der Waals surface area contributed by atoms with Crippen LogP contribution in [0.3, 0.4) is 0 Å². The summed E-state index contributed by atoms with van der Waals surface area (Å²) in [7, 11) is 0. The van der Waals surface area contributed by atoms with Crippen molar-refractivity contribution in [1.82, 2.24) is 5.32 Å². The van der Waals surface area contributed by atoms with E-state index in [1.54, 1.807) is 6.08 Å². The molecule has 0 rings (SSSR count). The summed E-state index contributed by atoms with van der Waals surface area (Å²) in [6.07, 6.45) is 88.0. The Kier molecular flexibility index (Phi) is 66.9. The van der Waals surface area contributed by atoms with Crippen LogP contribution in [0.2, 0.25) is 0 Å². The molecule has 0 radical (unpaired) electrons.